The molecular formula is C12H18F3NO. The van der Waals surface area contributed by atoms with Gasteiger partial charge in [-0.05, 0) is 55.8 Å². The average molecular weight is 249 g/mol. The molecule has 0 radical (unpaired) electrons. The Morgan fingerprint density at radius 1 is 0.941 bits per heavy atom. The second-order valence-corrected chi connectivity index (χ2v) is 5.98. The molecule has 4 aliphatic rings. The van der Waals surface area contributed by atoms with E-state index in [1.54, 1.807) is 0 Å². The van der Waals surface area contributed by atoms with E-state index in [4.69, 9.17) is 0 Å². The highest BCUT2D eigenvalue weighted by Gasteiger charge is 2.48. The lowest BCUT2D eigenvalue weighted by Crippen LogP contribution is -2.54. The largest absolute Gasteiger partial charge is 0.413 e. The van der Waals surface area contributed by atoms with Gasteiger partial charge in [-0.15, -0.1) is 0 Å². The third-order valence-corrected chi connectivity index (χ3v) is 4.68. The van der Waals surface area contributed by atoms with Crippen molar-refractivity contribution in [1.29, 1.82) is 0 Å². The summed E-state index contributed by atoms with van der Waals surface area (Å²) in [5, 5.41) is 0. The van der Waals surface area contributed by atoms with Crippen molar-refractivity contribution in [3.63, 3.8) is 0 Å². The smallest absolute Gasteiger partial charge is 0.292 e. The van der Waals surface area contributed by atoms with Gasteiger partial charge < -0.3 is 0 Å². The van der Waals surface area contributed by atoms with Crippen molar-refractivity contribution >= 4 is 0 Å². The predicted molar refractivity (Wildman–Crippen MR) is 56.0 cm³/mol. The van der Waals surface area contributed by atoms with Crippen molar-refractivity contribution < 1.29 is 18.0 Å². The number of nitrogens with one attached hydrogen (secondary N) is 1. The maximum absolute atomic E-state index is 12.0. The van der Waals surface area contributed by atoms with Crippen molar-refractivity contribution in [3.8, 4) is 0 Å². The standard InChI is InChI=1S/C12H18F3NO/c13-12(14,15)6-17-16-11-9-2-7-1-8(4-9)5-10(11)3-7/h7-11,16H,1-6H2. The fraction of sp³-hybridized carbons (Fsp3) is 1.00. The van der Waals surface area contributed by atoms with Crippen molar-refractivity contribution in [1.82, 2.24) is 5.48 Å². The number of hydroxylamine groups is 1. The summed E-state index contributed by atoms with van der Waals surface area (Å²) in [5.74, 6) is 2.75. The average Bonchev–Trinajstić information content (AvgIpc) is 2.19. The summed E-state index contributed by atoms with van der Waals surface area (Å²) in [6, 6.07) is 0.158. The summed E-state index contributed by atoms with van der Waals surface area (Å²) in [7, 11) is 0. The molecule has 0 saturated heterocycles. The SMILES string of the molecule is FC(F)(F)CONC1C2CC3CC(C2)CC1C3. The topological polar surface area (TPSA) is 21.3 Å². The van der Waals surface area contributed by atoms with E-state index in [-0.39, 0.29) is 6.04 Å². The minimum Gasteiger partial charge on any atom is -0.292 e. The monoisotopic (exact) mass is 249 g/mol. The number of hydrogen-bond donors (Lipinski definition) is 1. The van der Waals surface area contributed by atoms with Crippen LogP contribution in [0.25, 0.3) is 0 Å². The molecule has 0 spiro atoms. The van der Waals surface area contributed by atoms with E-state index in [0.29, 0.717) is 11.8 Å². The minimum atomic E-state index is -4.24. The summed E-state index contributed by atoms with van der Waals surface area (Å²) in [5.41, 5.74) is 2.70. The van der Waals surface area contributed by atoms with E-state index in [1.165, 1.54) is 32.1 Å². The maximum Gasteiger partial charge on any atom is 0.413 e. The summed E-state index contributed by atoms with van der Waals surface area (Å²) < 4.78 is 36.0. The third kappa shape index (κ3) is 2.45. The molecule has 4 rings (SSSR count). The van der Waals surface area contributed by atoms with E-state index in [1.807, 2.05) is 0 Å². The Balaban J connectivity index is 1.54. The van der Waals surface area contributed by atoms with Crippen molar-refractivity contribution in [2.75, 3.05) is 6.61 Å². The van der Waals surface area contributed by atoms with Gasteiger partial charge in [0, 0.05) is 6.04 Å². The molecule has 0 aromatic heterocycles. The summed E-state index contributed by atoms with van der Waals surface area (Å²) >= 11 is 0. The van der Waals surface area contributed by atoms with Crippen molar-refractivity contribution in [2.45, 2.75) is 44.3 Å². The van der Waals surface area contributed by atoms with Gasteiger partial charge in [0.25, 0.3) is 0 Å². The number of hydrogen-bond acceptors (Lipinski definition) is 2. The molecule has 1 N–H and O–H groups in total. The highest BCUT2D eigenvalue weighted by atomic mass is 19.4. The molecule has 0 aromatic rings. The summed E-state index contributed by atoms with van der Waals surface area (Å²) in [6.45, 7) is -1.18. The molecule has 0 atom stereocenters. The zero-order valence-corrected chi connectivity index (χ0v) is 9.67. The van der Waals surface area contributed by atoms with Crippen LogP contribution in [0.4, 0.5) is 13.2 Å². The quantitative estimate of drug-likeness (QED) is 0.776. The normalized spacial score (nSPS) is 44.3. The molecule has 5 heteroatoms. The molecule has 0 heterocycles. The van der Waals surface area contributed by atoms with Gasteiger partial charge in [-0.25, -0.2) is 0 Å². The van der Waals surface area contributed by atoms with Crippen LogP contribution >= 0.6 is 0 Å². The minimum absolute atomic E-state index is 0.158. The first-order valence-corrected chi connectivity index (χ1v) is 6.45. The first-order valence-electron chi connectivity index (χ1n) is 6.45. The first-order chi connectivity index (χ1) is 8.01. The molecule has 4 fully saturated rings. The number of rotatable bonds is 3. The lowest BCUT2D eigenvalue weighted by atomic mass is 9.54. The van der Waals surface area contributed by atoms with Crippen LogP contribution in [-0.2, 0) is 4.84 Å². The maximum atomic E-state index is 12.0. The van der Waals surface area contributed by atoms with Gasteiger partial charge in [0.1, 0.15) is 0 Å². The Hall–Kier alpha value is -0.290. The Morgan fingerprint density at radius 2 is 1.47 bits per heavy atom. The van der Waals surface area contributed by atoms with Crippen molar-refractivity contribution in [3.05, 3.63) is 0 Å². The summed E-state index contributed by atoms with van der Waals surface area (Å²) in [4.78, 5) is 4.65. The van der Waals surface area contributed by atoms with Crippen LogP contribution in [0.1, 0.15) is 32.1 Å². The molecule has 0 aromatic carbocycles. The second kappa shape index (κ2) is 4.12. The first kappa shape index (κ1) is 11.8. The lowest BCUT2D eigenvalue weighted by Gasteiger charge is -2.54. The van der Waals surface area contributed by atoms with Crippen molar-refractivity contribution in [2.24, 2.45) is 23.7 Å². The van der Waals surface area contributed by atoms with Crippen LogP contribution in [0.15, 0.2) is 0 Å². The number of alkyl halides is 3. The summed E-state index contributed by atoms with van der Waals surface area (Å²) in [6.07, 6.45) is 1.84. The Morgan fingerprint density at radius 3 is 1.94 bits per heavy atom. The van der Waals surface area contributed by atoms with Gasteiger partial charge >= 0.3 is 6.18 Å². The molecule has 17 heavy (non-hydrogen) atoms. The molecule has 0 amide bonds. The van der Waals surface area contributed by atoms with Crippen LogP contribution in [0.2, 0.25) is 0 Å². The van der Waals surface area contributed by atoms with Crippen LogP contribution in [0.3, 0.4) is 0 Å². The lowest BCUT2D eigenvalue weighted by molar-refractivity contribution is -0.202. The predicted octanol–water partition coefficient (Wildman–Crippen LogP) is 2.89. The van der Waals surface area contributed by atoms with E-state index < -0.39 is 12.8 Å². The van der Waals surface area contributed by atoms with Crippen LogP contribution in [-0.4, -0.2) is 18.8 Å². The highest BCUT2D eigenvalue weighted by molar-refractivity contribution is 5.00. The van der Waals surface area contributed by atoms with E-state index in [2.05, 4.69) is 10.3 Å². The zero-order chi connectivity index (χ0) is 12.0. The zero-order valence-electron chi connectivity index (χ0n) is 9.67. The van der Waals surface area contributed by atoms with Gasteiger partial charge in [-0.3, -0.25) is 4.84 Å². The molecule has 2 nitrogen and oxygen atoms in total. The highest BCUT2D eigenvalue weighted by Crippen LogP contribution is 2.53. The van der Waals surface area contributed by atoms with Gasteiger partial charge in [-0.2, -0.15) is 18.7 Å². The van der Waals surface area contributed by atoms with E-state index >= 15 is 0 Å². The molecule has 4 bridgehead atoms. The molecule has 98 valence electrons. The van der Waals surface area contributed by atoms with Gasteiger partial charge in [0.05, 0.1) is 0 Å². The molecule has 4 saturated carbocycles. The second-order valence-electron chi connectivity index (χ2n) is 5.98. The fourth-order valence-electron chi connectivity index (χ4n) is 4.34. The van der Waals surface area contributed by atoms with Gasteiger partial charge in [0.15, 0.2) is 6.61 Å². The van der Waals surface area contributed by atoms with E-state index in [0.717, 1.165) is 11.8 Å². The molecular weight excluding hydrogens is 231 g/mol. The van der Waals surface area contributed by atoms with E-state index in [9.17, 15) is 13.2 Å². The van der Waals surface area contributed by atoms with Crippen LogP contribution < -0.4 is 5.48 Å². The Labute approximate surface area is 98.9 Å². The molecule has 0 unspecified atom stereocenters. The van der Waals surface area contributed by atoms with Crippen LogP contribution in [0.5, 0.6) is 0 Å². The fourth-order valence-corrected chi connectivity index (χ4v) is 4.34. The third-order valence-electron chi connectivity index (χ3n) is 4.68. The Bertz CT molecular complexity index is 264. The molecule has 0 aliphatic heterocycles. The number of halogens is 3. The van der Waals surface area contributed by atoms with Gasteiger partial charge in [-0.1, -0.05) is 0 Å². The molecule has 4 aliphatic carbocycles. The van der Waals surface area contributed by atoms with Gasteiger partial charge in [0.2, 0.25) is 0 Å². The van der Waals surface area contributed by atoms with Crippen LogP contribution in [0, 0.1) is 23.7 Å². The Kier molecular flexibility index (Phi) is 2.86.